The minimum atomic E-state index is -0.306. The molecular formula is C12H12N2O3. The highest BCUT2D eigenvalue weighted by molar-refractivity contribution is 5.94. The van der Waals surface area contributed by atoms with Crippen molar-refractivity contribution in [3.63, 3.8) is 0 Å². The summed E-state index contributed by atoms with van der Waals surface area (Å²) in [4.78, 5) is 14.6. The first-order valence-electron chi connectivity index (χ1n) is 5.08. The summed E-state index contributed by atoms with van der Waals surface area (Å²) in [5.74, 6) is -0.854. The van der Waals surface area contributed by atoms with E-state index in [0.29, 0.717) is 12.1 Å². The van der Waals surface area contributed by atoms with Crippen LogP contribution in [-0.4, -0.2) is 21.1 Å². The van der Waals surface area contributed by atoms with Crippen LogP contribution in [0.15, 0.2) is 36.7 Å². The van der Waals surface area contributed by atoms with Crippen molar-refractivity contribution < 1.29 is 15.0 Å². The summed E-state index contributed by atoms with van der Waals surface area (Å²) in [6, 6.07) is 5.80. The molecule has 0 saturated carbocycles. The number of rotatable bonds is 3. The van der Waals surface area contributed by atoms with Crippen molar-refractivity contribution in [1.29, 1.82) is 0 Å². The lowest BCUT2D eigenvalue weighted by molar-refractivity contribution is 0.0950. The van der Waals surface area contributed by atoms with Gasteiger partial charge in [-0.1, -0.05) is 0 Å². The highest BCUT2D eigenvalue weighted by atomic mass is 16.3. The first-order chi connectivity index (χ1) is 8.16. The predicted octanol–water partition coefficient (Wildman–Crippen LogP) is 1.36. The number of carbonyl (C=O) groups is 1. The molecular weight excluding hydrogens is 220 g/mol. The molecule has 5 heteroatoms. The van der Waals surface area contributed by atoms with Gasteiger partial charge in [0.25, 0.3) is 5.91 Å². The topological polar surface area (TPSA) is 85.4 Å². The van der Waals surface area contributed by atoms with Gasteiger partial charge in [0.05, 0.1) is 0 Å². The molecule has 0 radical (unpaired) electrons. The van der Waals surface area contributed by atoms with Crippen molar-refractivity contribution in [2.45, 2.75) is 6.54 Å². The average Bonchev–Trinajstić information content (AvgIpc) is 2.82. The molecule has 88 valence electrons. The molecule has 4 N–H and O–H groups in total. The van der Waals surface area contributed by atoms with E-state index in [1.807, 2.05) is 6.07 Å². The molecule has 17 heavy (non-hydrogen) atoms. The summed E-state index contributed by atoms with van der Waals surface area (Å²) in [5.41, 5.74) is 1.26. The lowest BCUT2D eigenvalue weighted by Crippen LogP contribution is -2.22. The molecule has 0 fully saturated rings. The molecule has 0 bridgehead atoms. The SMILES string of the molecule is O=C(NCc1cc[nH]c1)c1ccc(O)c(O)c1. The summed E-state index contributed by atoms with van der Waals surface area (Å²) in [6.45, 7) is 0.407. The minimum absolute atomic E-state index is 0.243. The van der Waals surface area contributed by atoms with E-state index in [1.165, 1.54) is 18.2 Å². The van der Waals surface area contributed by atoms with E-state index in [0.717, 1.165) is 5.56 Å². The fraction of sp³-hybridized carbons (Fsp3) is 0.0833. The van der Waals surface area contributed by atoms with Crippen molar-refractivity contribution in [2.24, 2.45) is 0 Å². The van der Waals surface area contributed by atoms with Crippen LogP contribution < -0.4 is 5.32 Å². The van der Waals surface area contributed by atoms with Crippen molar-refractivity contribution in [2.75, 3.05) is 0 Å². The van der Waals surface area contributed by atoms with E-state index >= 15 is 0 Å². The van der Waals surface area contributed by atoms with Crippen LogP contribution in [0.2, 0.25) is 0 Å². The number of nitrogens with one attached hydrogen (secondary N) is 2. The molecule has 2 rings (SSSR count). The number of carbonyl (C=O) groups excluding carboxylic acids is 1. The van der Waals surface area contributed by atoms with Crippen LogP contribution in [0.3, 0.4) is 0 Å². The van der Waals surface area contributed by atoms with E-state index in [2.05, 4.69) is 10.3 Å². The third-order valence-electron chi connectivity index (χ3n) is 2.35. The molecule has 0 aliphatic carbocycles. The fourth-order valence-corrected chi connectivity index (χ4v) is 1.42. The van der Waals surface area contributed by atoms with Crippen LogP contribution >= 0.6 is 0 Å². The number of amides is 1. The molecule has 0 spiro atoms. The monoisotopic (exact) mass is 232 g/mol. The first-order valence-corrected chi connectivity index (χ1v) is 5.08. The maximum Gasteiger partial charge on any atom is 0.251 e. The molecule has 0 atom stereocenters. The first kappa shape index (κ1) is 11.1. The van der Waals surface area contributed by atoms with E-state index in [-0.39, 0.29) is 17.4 Å². The largest absolute Gasteiger partial charge is 0.504 e. The van der Waals surface area contributed by atoms with Gasteiger partial charge in [-0.15, -0.1) is 0 Å². The molecule has 1 aromatic heterocycles. The van der Waals surface area contributed by atoms with Crippen LogP contribution in [0.1, 0.15) is 15.9 Å². The van der Waals surface area contributed by atoms with E-state index < -0.39 is 0 Å². The third-order valence-corrected chi connectivity index (χ3v) is 2.35. The number of aromatic hydroxyl groups is 2. The zero-order valence-corrected chi connectivity index (χ0v) is 8.97. The Morgan fingerprint density at radius 3 is 2.71 bits per heavy atom. The molecule has 0 aliphatic heterocycles. The maximum absolute atomic E-state index is 11.7. The number of aromatic nitrogens is 1. The smallest absolute Gasteiger partial charge is 0.251 e. The predicted molar refractivity (Wildman–Crippen MR) is 61.7 cm³/mol. The number of phenolic OH excluding ortho intramolecular Hbond substituents is 2. The average molecular weight is 232 g/mol. The van der Waals surface area contributed by atoms with Gasteiger partial charge in [0.2, 0.25) is 0 Å². The van der Waals surface area contributed by atoms with Gasteiger partial charge >= 0.3 is 0 Å². The van der Waals surface area contributed by atoms with E-state index in [4.69, 9.17) is 5.11 Å². The number of H-pyrrole nitrogens is 1. The molecule has 1 amide bonds. The molecule has 0 saturated heterocycles. The minimum Gasteiger partial charge on any atom is -0.504 e. The molecule has 2 aromatic rings. The molecule has 0 aliphatic rings. The van der Waals surface area contributed by atoms with E-state index in [1.54, 1.807) is 12.4 Å². The van der Waals surface area contributed by atoms with Crippen LogP contribution in [-0.2, 0) is 6.54 Å². The Morgan fingerprint density at radius 2 is 2.06 bits per heavy atom. The van der Waals surface area contributed by atoms with Crippen LogP contribution in [0, 0.1) is 0 Å². The van der Waals surface area contributed by atoms with Gasteiger partial charge in [-0.3, -0.25) is 4.79 Å². The second kappa shape index (κ2) is 4.61. The van der Waals surface area contributed by atoms with Crippen molar-refractivity contribution >= 4 is 5.91 Å². The number of benzene rings is 1. The summed E-state index contributed by atoms with van der Waals surface area (Å²) < 4.78 is 0. The lowest BCUT2D eigenvalue weighted by atomic mass is 10.2. The Bertz CT molecular complexity index is 521. The Balaban J connectivity index is 2.02. The van der Waals surface area contributed by atoms with Crippen molar-refractivity contribution in [1.82, 2.24) is 10.3 Å². The summed E-state index contributed by atoms with van der Waals surface area (Å²) in [7, 11) is 0. The molecule has 0 unspecified atom stereocenters. The Labute approximate surface area is 97.7 Å². The lowest BCUT2D eigenvalue weighted by Gasteiger charge is -2.05. The second-order valence-corrected chi connectivity index (χ2v) is 3.61. The summed E-state index contributed by atoms with van der Waals surface area (Å²) in [6.07, 6.45) is 3.56. The van der Waals surface area contributed by atoms with Gasteiger partial charge in [-0.05, 0) is 29.8 Å². The van der Waals surface area contributed by atoms with Crippen LogP contribution in [0.4, 0.5) is 0 Å². The van der Waals surface area contributed by atoms with Gasteiger partial charge in [-0.25, -0.2) is 0 Å². The second-order valence-electron chi connectivity index (χ2n) is 3.61. The van der Waals surface area contributed by atoms with Gasteiger partial charge in [0.15, 0.2) is 11.5 Å². The zero-order valence-electron chi connectivity index (χ0n) is 8.97. The Morgan fingerprint density at radius 1 is 1.24 bits per heavy atom. The number of phenols is 2. The quantitative estimate of drug-likeness (QED) is 0.603. The van der Waals surface area contributed by atoms with Crippen LogP contribution in [0.5, 0.6) is 11.5 Å². The van der Waals surface area contributed by atoms with Crippen molar-refractivity contribution in [3.05, 3.63) is 47.8 Å². The highest BCUT2D eigenvalue weighted by Crippen LogP contribution is 2.24. The Kier molecular flexibility index (Phi) is 3.00. The molecule has 5 nitrogen and oxygen atoms in total. The highest BCUT2D eigenvalue weighted by Gasteiger charge is 2.08. The number of hydrogen-bond acceptors (Lipinski definition) is 3. The number of aromatic amines is 1. The van der Waals surface area contributed by atoms with Crippen LogP contribution in [0.25, 0.3) is 0 Å². The fourth-order valence-electron chi connectivity index (χ4n) is 1.42. The maximum atomic E-state index is 11.7. The zero-order chi connectivity index (χ0) is 12.3. The standard InChI is InChI=1S/C12H12N2O3/c15-10-2-1-9(5-11(10)16)12(17)14-7-8-3-4-13-6-8/h1-6,13,15-16H,7H2,(H,14,17). The summed E-state index contributed by atoms with van der Waals surface area (Å²) in [5, 5.41) is 21.1. The van der Waals surface area contributed by atoms with Gasteiger partial charge in [0, 0.05) is 24.5 Å². The summed E-state index contributed by atoms with van der Waals surface area (Å²) >= 11 is 0. The number of hydrogen-bond donors (Lipinski definition) is 4. The normalized spacial score (nSPS) is 10.1. The van der Waals surface area contributed by atoms with E-state index in [9.17, 15) is 9.90 Å². The molecule has 1 heterocycles. The third kappa shape index (κ3) is 2.57. The molecule has 1 aromatic carbocycles. The Hall–Kier alpha value is -2.43. The van der Waals surface area contributed by atoms with Gasteiger partial charge < -0.3 is 20.5 Å². The van der Waals surface area contributed by atoms with Crippen molar-refractivity contribution in [3.8, 4) is 11.5 Å². The van der Waals surface area contributed by atoms with Gasteiger partial charge in [-0.2, -0.15) is 0 Å². The van der Waals surface area contributed by atoms with Gasteiger partial charge in [0.1, 0.15) is 0 Å².